The predicted molar refractivity (Wildman–Crippen MR) is 71.1 cm³/mol. The molecule has 2 N–H and O–H groups in total. The highest BCUT2D eigenvalue weighted by Gasteiger charge is 2.19. The summed E-state index contributed by atoms with van der Waals surface area (Å²) >= 11 is 6.00. The number of piperidine rings is 1. The average Bonchev–Trinajstić information content (AvgIpc) is 2.37. The minimum atomic E-state index is 0.668. The number of nitrogens with zero attached hydrogens (tertiary/aromatic N) is 1. The molecule has 1 fully saturated rings. The highest BCUT2D eigenvalue weighted by molar-refractivity contribution is 6.30. The molecule has 1 saturated heterocycles. The van der Waals surface area contributed by atoms with E-state index < -0.39 is 0 Å². The summed E-state index contributed by atoms with van der Waals surface area (Å²) in [5, 5.41) is 0.807. The van der Waals surface area contributed by atoms with Crippen molar-refractivity contribution in [3.05, 3.63) is 29.3 Å². The molecule has 0 bridgehead atoms. The van der Waals surface area contributed by atoms with E-state index in [4.69, 9.17) is 17.5 Å². The lowest BCUT2D eigenvalue weighted by molar-refractivity contribution is 0.118. The lowest BCUT2D eigenvalue weighted by Crippen LogP contribution is -2.34. The van der Waals surface area contributed by atoms with Crippen molar-refractivity contribution in [1.29, 1.82) is 0 Å². The third-order valence-corrected chi connectivity index (χ3v) is 3.67. The van der Waals surface area contributed by atoms with E-state index in [0.717, 1.165) is 30.5 Å². The van der Waals surface area contributed by atoms with Crippen molar-refractivity contribution in [1.82, 2.24) is 0 Å². The Morgan fingerprint density at radius 3 is 2.76 bits per heavy atom. The fraction of sp³-hybridized carbons (Fsp3) is 0.538. The predicted octanol–water partition coefficient (Wildman–Crippen LogP) is 2.84. The molecule has 94 valence electrons. The van der Waals surface area contributed by atoms with Crippen LogP contribution in [-0.4, -0.2) is 19.7 Å². The van der Waals surface area contributed by atoms with Crippen molar-refractivity contribution in [3.63, 3.8) is 0 Å². The second-order valence-electron chi connectivity index (χ2n) is 4.57. The molecule has 4 heteroatoms. The molecule has 1 aliphatic heterocycles. The SMILES string of the molecule is NOCCC1CCN(c2cccc(Cl)c2)CC1. The van der Waals surface area contributed by atoms with Crippen LogP contribution in [0.3, 0.4) is 0 Å². The fourth-order valence-electron chi connectivity index (χ4n) is 2.39. The zero-order valence-corrected chi connectivity index (χ0v) is 10.7. The molecule has 1 aromatic carbocycles. The molecule has 3 nitrogen and oxygen atoms in total. The molecule has 1 heterocycles. The molecule has 0 atom stereocenters. The van der Waals surface area contributed by atoms with Gasteiger partial charge in [-0.25, -0.2) is 5.90 Å². The van der Waals surface area contributed by atoms with E-state index in [-0.39, 0.29) is 0 Å². The van der Waals surface area contributed by atoms with Crippen LogP contribution < -0.4 is 10.8 Å². The number of hydrogen-bond donors (Lipinski definition) is 1. The van der Waals surface area contributed by atoms with Crippen LogP contribution in [0, 0.1) is 5.92 Å². The van der Waals surface area contributed by atoms with Crippen LogP contribution in [0.5, 0.6) is 0 Å². The molecule has 0 spiro atoms. The molecule has 0 unspecified atom stereocenters. The first kappa shape index (κ1) is 12.7. The van der Waals surface area contributed by atoms with Gasteiger partial charge in [0.2, 0.25) is 0 Å². The summed E-state index contributed by atoms with van der Waals surface area (Å²) in [4.78, 5) is 7.04. The second kappa shape index (κ2) is 6.24. The molecule has 0 saturated carbocycles. The van der Waals surface area contributed by atoms with E-state index in [1.54, 1.807) is 0 Å². The van der Waals surface area contributed by atoms with Gasteiger partial charge < -0.3 is 9.74 Å². The summed E-state index contributed by atoms with van der Waals surface area (Å²) in [6, 6.07) is 8.07. The molecule has 0 amide bonds. The Labute approximate surface area is 107 Å². The molecular weight excluding hydrogens is 236 g/mol. The van der Waals surface area contributed by atoms with Crippen molar-refractivity contribution < 1.29 is 4.84 Å². The van der Waals surface area contributed by atoms with Gasteiger partial charge in [-0.15, -0.1) is 0 Å². The Kier molecular flexibility index (Phi) is 4.66. The molecule has 17 heavy (non-hydrogen) atoms. The van der Waals surface area contributed by atoms with Crippen LogP contribution in [0.1, 0.15) is 19.3 Å². The molecule has 0 radical (unpaired) electrons. The third-order valence-electron chi connectivity index (χ3n) is 3.43. The quantitative estimate of drug-likeness (QED) is 0.840. The van der Waals surface area contributed by atoms with Crippen LogP contribution in [0.25, 0.3) is 0 Å². The Balaban J connectivity index is 1.86. The molecule has 0 aromatic heterocycles. The van der Waals surface area contributed by atoms with Crippen molar-refractivity contribution >= 4 is 17.3 Å². The smallest absolute Gasteiger partial charge is 0.0681 e. The van der Waals surface area contributed by atoms with E-state index >= 15 is 0 Å². The van der Waals surface area contributed by atoms with Crippen LogP contribution in [0.15, 0.2) is 24.3 Å². The number of halogens is 1. The maximum atomic E-state index is 6.00. The summed E-state index contributed by atoms with van der Waals surface area (Å²) in [6.07, 6.45) is 3.48. The van der Waals surface area contributed by atoms with Crippen LogP contribution >= 0.6 is 11.6 Å². The monoisotopic (exact) mass is 254 g/mol. The van der Waals surface area contributed by atoms with Gasteiger partial charge in [-0.3, -0.25) is 0 Å². The summed E-state index contributed by atoms with van der Waals surface area (Å²) in [5.74, 6) is 5.80. The van der Waals surface area contributed by atoms with E-state index in [0.29, 0.717) is 6.61 Å². The standard InChI is InChI=1S/C13H19ClN2O/c14-12-2-1-3-13(10-12)16-7-4-11(5-8-16)6-9-17-15/h1-3,10-11H,4-9,15H2. The van der Waals surface area contributed by atoms with E-state index in [1.165, 1.54) is 18.5 Å². The molecular formula is C13H19ClN2O. The Bertz CT molecular complexity index is 351. The molecule has 2 rings (SSSR count). The lowest BCUT2D eigenvalue weighted by Gasteiger charge is -2.33. The van der Waals surface area contributed by atoms with Gasteiger partial charge in [-0.2, -0.15) is 0 Å². The minimum absolute atomic E-state index is 0.668. The number of benzene rings is 1. The van der Waals surface area contributed by atoms with Crippen LogP contribution in [0.4, 0.5) is 5.69 Å². The van der Waals surface area contributed by atoms with Gasteiger partial charge in [-0.05, 0) is 43.4 Å². The van der Waals surface area contributed by atoms with Crippen molar-refractivity contribution in [2.24, 2.45) is 11.8 Å². The lowest BCUT2D eigenvalue weighted by atomic mass is 9.93. The average molecular weight is 255 g/mol. The zero-order valence-electron chi connectivity index (χ0n) is 9.94. The van der Waals surface area contributed by atoms with E-state index in [9.17, 15) is 0 Å². The van der Waals surface area contributed by atoms with Gasteiger partial charge in [0.15, 0.2) is 0 Å². The summed E-state index contributed by atoms with van der Waals surface area (Å²) in [6.45, 7) is 2.85. The molecule has 1 aliphatic rings. The Hall–Kier alpha value is -0.770. The van der Waals surface area contributed by atoms with Crippen molar-refractivity contribution in [2.75, 3.05) is 24.6 Å². The topological polar surface area (TPSA) is 38.5 Å². The maximum absolute atomic E-state index is 6.00. The number of anilines is 1. The highest BCUT2D eigenvalue weighted by atomic mass is 35.5. The van der Waals surface area contributed by atoms with Gasteiger partial charge in [0.25, 0.3) is 0 Å². The van der Waals surface area contributed by atoms with Gasteiger partial charge in [0, 0.05) is 23.8 Å². The molecule has 1 aromatic rings. The third kappa shape index (κ3) is 3.60. The maximum Gasteiger partial charge on any atom is 0.0681 e. The Morgan fingerprint density at radius 2 is 2.12 bits per heavy atom. The first-order chi connectivity index (χ1) is 8.29. The molecule has 0 aliphatic carbocycles. The summed E-state index contributed by atoms with van der Waals surface area (Å²) < 4.78 is 0. The van der Waals surface area contributed by atoms with Crippen LogP contribution in [-0.2, 0) is 4.84 Å². The van der Waals surface area contributed by atoms with Crippen molar-refractivity contribution in [3.8, 4) is 0 Å². The fourth-order valence-corrected chi connectivity index (χ4v) is 2.57. The number of nitrogens with two attached hydrogens (primary N) is 1. The van der Waals surface area contributed by atoms with E-state index in [1.807, 2.05) is 18.2 Å². The zero-order chi connectivity index (χ0) is 12.1. The second-order valence-corrected chi connectivity index (χ2v) is 5.01. The first-order valence-corrected chi connectivity index (χ1v) is 6.49. The van der Waals surface area contributed by atoms with Gasteiger partial charge >= 0.3 is 0 Å². The number of rotatable bonds is 4. The van der Waals surface area contributed by atoms with E-state index in [2.05, 4.69) is 15.8 Å². The first-order valence-electron chi connectivity index (χ1n) is 6.12. The largest absolute Gasteiger partial charge is 0.371 e. The van der Waals surface area contributed by atoms with Crippen LogP contribution in [0.2, 0.25) is 5.02 Å². The Morgan fingerprint density at radius 1 is 1.35 bits per heavy atom. The van der Waals surface area contributed by atoms with Gasteiger partial charge in [0.05, 0.1) is 6.61 Å². The summed E-state index contributed by atoms with van der Waals surface area (Å²) in [7, 11) is 0. The van der Waals surface area contributed by atoms with Gasteiger partial charge in [0.1, 0.15) is 0 Å². The van der Waals surface area contributed by atoms with Crippen molar-refractivity contribution in [2.45, 2.75) is 19.3 Å². The highest BCUT2D eigenvalue weighted by Crippen LogP contribution is 2.26. The summed E-state index contributed by atoms with van der Waals surface area (Å²) in [5.41, 5.74) is 1.23. The van der Waals surface area contributed by atoms with Gasteiger partial charge in [-0.1, -0.05) is 17.7 Å². The normalized spacial score (nSPS) is 17.4. The minimum Gasteiger partial charge on any atom is -0.371 e. The number of hydrogen-bond acceptors (Lipinski definition) is 3.